The maximum atomic E-state index is 5.86. The Morgan fingerprint density at radius 1 is 0.793 bits per heavy atom. The summed E-state index contributed by atoms with van der Waals surface area (Å²) >= 11 is 1.19. The SMILES string of the molecule is COCCOCCOc1ccc(-c2ccc(-c3cccnc3)cc2)c2nsnc12. The third kappa shape index (κ3) is 4.59. The molecule has 0 atom stereocenters. The zero-order chi connectivity index (χ0) is 19.9. The van der Waals surface area contributed by atoms with Crippen LogP contribution in [0.25, 0.3) is 33.3 Å². The predicted molar refractivity (Wildman–Crippen MR) is 114 cm³/mol. The van der Waals surface area contributed by atoms with E-state index in [2.05, 4.69) is 44.1 Å². The Kier molecular flexibility index (Phi) is 6.41. The second-order valence-electron chi connectivity index (χ2n) is 6.35. The van der Waals surface area contributed by atoms with E-state index >= 15 is 0 Å². The Balaban J connectivity index is 1.51. The summed E-state index contributed by atoms with van der Waals surface area (Å²) in [7, 11) is 1.65. The first-order valence-corrected chi connectivity index (χ1v) is 10.1. The molecule has 0 aliphatic rings. The van der Waals surface area contributed by atoms with Gasteiger partial charge in [0.1, 0.15) is 23.4 Å². The van der Waals surface area contributed by atoms with Crippen LogP contribution in [0.5, 0.6) is 5.75 Å². The minimum Gasteiger partial charge on any atom is -0.489 e. The Labute approximate surface area is 173 Å². The second kappa shape index (κ2) is 9.56. The monoisotopic (exact) mass is 407 g/mol. The van der Waals surface area contributed by atoms with Gasteiger partial charge in [0.2, 0.25) is 0 Å². The summed E-state index contributed by atoms with van der Waals surface area (Å²) < 4.78 is 25.2. The fourth-order valence-corrected chi connectivity index (χ4v) is 3.59. The molecule has 29 heavy (non-hydrogen) atoms. The van der Waals surface area contributed by atoms with Gasteiger partial charge in [-0.05, 0) is 34.9 Å². The quantitative estimate of drug-likeness (QED) is 0.382. The van der Waals surface area contributed by atoms with Crippen molar-refractivity contribution in [2.45, 2.75) is 0 Å². The van der Waals surface area contributed by atoms with Gasteiger partial charge in [-0.2, -0.15) is 8.75 Å². The van der Waals surface area contributed by atoms with Crippen LogP contribution in [0, 0.1) is 0 Å². The van der Waals surface area contributed by atoms with E-state index in [0.717, 1.165) is 39.0 Å². The molecule has 0 radical (unpaired) electrons. The van der Waals surface area contributed by atoms with Gasteiger partial charge in [0, 0.05) is 25.1 Å². The fourth-order valence-electron chi connectivity index (χ4n) is 3.02. The van der Waals surface area contributed by atoms with Crippen molar-refractivity contribution in [2.24, 2.45) is 0 Å². The van der Waals surface area contributed by atoms with Crippen molar-refractivity contribution in [3.8, 4) is 28.0 Å². The van der Waals surface area contributed by atoms with E-state index in [1.165, 1.54) is 11.7 Å². The van der Waals surface area contributed by atoms with Gasteiger partial charge in [-0.1, -0.05) is 30.3 Å². The molecular formula is C22H21N3O3S. The lowest BCUT2D eigenvalue weighted by Gasteiger charge is -2.10. The molecule has 0 saturated carbocycles. The molecule has 4 aromatic rings. The number of fused-ring (bicyclic) bond motifs is 1. The normalized spacial score (nSPS) is 11.1. The molecule has 6 nitrogen and oxygen atoms in total. The Bertz CT molecular complexity index is 1050. The number of aromatic nitrogens is 3. The molecule has 0 bridgehead atoms. The zero-order valence-corrected chi connectivity index (χ0v) is 16.9. The van der Waals surface area contributed by atoms with E-state index in [1.807, 2.05) is 24.4 Å². The highest BCUT2D eigenvalue weighted by Gasteiger charge is 2.13. The predicted octanol–water partition coefficient (Wildman–Crippen LogP) is 4.46. The maximum Gasteiger partial charge on any atom is 0.148 e. The molecule has 148 valence electrons. The lowest BCUT2D eigenvalue weighted by atomic mass is 10.00. The molecule has 7 heteroatoms. The van der Waals surface area contributed by atoms with Crippen molar-refractivity contribution in [3.63, 3.8) is 0 Å². The molecule has 0 N–H and O–H groups in total. The van der Waals surface area contributed by atoms with Crippen LogP contribution in [0.15, 0.2) is 60.9 Å². The largest absolute Gasteiger partial charge is 0.489 e. The average molecular weight is 407 g/mol. The Morgan fingerprint density at radius 3 is 2.38 bits per heavy atom. The van der Waals surface area contributed by atoms with E-state index in [9.17, 15) is 0 Å². The molecule has 0 amide bonds. The summed E-state index contributed by atoms with van der Waals surface area (Å²) in [4.78, 5) is 4.18. The first-order valence-electron chi connectivity index (χ1n) is 9.32. The summed E-state index contributed by atoms with van der Waals surface area (Å²) in [5.41, 5.74) is 5.97. The Hall–Kier alpha value is -2.87. The van der Waals surface area contributed by atoms with Crippen LogP contribution >= 0.6 is 11.7 Å². The Morgan fingerprint density at radius 2 is 1.59 bits per heavy atom. The molecular weight excluding hydrogens is 386 g/mol. The number of nitrogens with zero attached hydrogens (tertiary/aromatic N) is 3. The van der Waals surface area contributed by atoms with Gasteiger partial charge in [-0.15, -0.1) is 0 Å². The topological polar surface area (TPSA) is 66.4 Å². The first kappa shape index (κ1) is 19.4. The number of hydrogen-bond acceptors (Lipinski definition) is 7. The van der Waals surface area contributed by atoms with Crippen LogP contribution in [0.4, 0.5) is 0 Å². The van der Waals surface area contributed by atoms with E-state index < -0.39 is 0 Å². The maximum absolute atomic E-state index is 5.86. The highest BCUT2D eigenvalue weighted by Crippen LogP contribution is 2.34. The fraction of sp³-hybridized carbons (Fsp3) is 0.227. The van der Waals surface area contributed by atoms with E-state index in [1.54, 1.807) is 13.3 Å². The summed E-state index contributed by atoms with van der Waals surface area (Å²) in [5.74, 6) is 0.722. The van der Waals surface area contributed by atoms with E-state index in [-0.39, 0.29) is 0 Å². The average Bonchev–Trinajstić information content (AvgIpc) is 3.27. The highest BCUT2D eigenvalue weighted by molar-refractivity contribution is 7.00. The van der Waals surface area contributed by atoms with Crippen molar-refractivity contribution in [1.29, 1.82) is 0 Å². The van der Waals surface area contributed by atoms with Gasteiger partial charge in [0.15, 0.2) is 0 Å². The number of hydrogen-bond donors (Lipinski definition) is 0. The van der Waals surface area contributed by atoms with Crippen LogP contribution in [0.2, 0.25) is 0 Å². The van der Waals surface area contributed by atoms with Crippen LogP contribution < -0.4 is 4.74 Å². The zero-order valence-electron chi connectivity index (χ0n) is 16.1. The third-order valence-electron chi connectivity index (χ3n) is 4.49. The van der Waals surface area contributed by atoms with Crippen LogP contribution in [-0.2, 0) is 9.47 Å². The van der Waals surface area contributed by atoms with Gasteiger partial charge >= 0.3 is 0 Å². The molecule has 2 aromatic heterocycles. The number of methoxy groups -OCH3 is 1. The molecule has 2 heterocycles. The van der Waals surface area contributed by atoms with Crippen LogP contribution in [0.3, 0.4) is 0 Å². The van der Waals surface area contributed by atoms with Crippen molar-refractivity contribution < 1.29 is 14.2 Å². The van der Waals surface area contributed by atoms with Crippen LogP contribution in [-0.4, -0.2) is 47.3 Å². The third-order valence-corrected chi connectivity index (χ3v) is 5.01. The standard InChI is InChI=1S/C22H21N3O3S/c1-26-11-12-27-13-14-28-20-9-8-19(21-22(20)25-29-24-21)17-6-4-16(5-7-17)18-3-2-10-23-15-18/h2-10,15H,11-14H2,1H3. The lowest BCUT2D eigenvalue weighted by Crippen LogP contribution is -2.10. The van der Waals surface area contributed by atoms with Gasteiger partial charge in [0.25, 0.3) is 0 Å². The molecule has 4 rings (SSSR count). The molecule has 0 fully saturated rings. The van der Waals surface area contributed by atoms with Gasteiger partial charge < -0.3 is 14.2 Å². The molecule has 0 saturated heterocycles. The lowest BCUT2D eigenvalue weighted by molar-refractivity contribution is 0.0546. The number of ether oxygens (including phenoxy) is 3. The number of pyridine rings is 1. The second-order valence-corrected chi connectivity index (χ2v) is 6.87. The van der Waals surface area contributed by atoms with Crippen molar-refractivity contribution in [1.82, 2.24) is 13.7 Å². The highest BCUT2D eigenvalue weighted by atomic mass is 32.1. The summed E-state index contributed by atoms with van der Waals surface area (Å²) in [6.45, 7) is 2.09. The van der Waals surface area contributed by atoms with Crippen LogP contribution in [0.1, 0.15) is 0 Å². The van der Waals surface area contributed by atoms with Crippen molar-refractivity contribution >= 4 is 22.8 Å². The molecule has 0 aliphatic carbocycles. The molecule has 0 unspecified atom stereocenters. The van der Waals surface area contributed by atoms with E-state index in [4.69, 9.17) is 14.2 Å². The summed E-state index contributed by atoms with van der Waals surface area (Å²) in [6, 6.07) is 16.4. The molecule has 0 aliphatic heterocycles. The van der Waals surface area contributed by atoms with Gasteiger partial charge in [-0.3, -0.25) is 4.98 Å². The van der Waals surface area contributed by atoms with Gasteiger partial charge in [-0.25, -0.2) is 0 Å². The minimum atomic E-state index is 0.454. The molecule has 2 aromatic carbocycles. The van der Waals surface area contributed by atoms with Crippen molar-refractivity contribution in [2.75, 3.05) is 33.5 Å². The summed E-state index contributed by atoms with van der Waals surface area (Å²) in [5, 5.41) is 0. The van der Waals surface area contributed by atoms with E-state index in [0.29, 0.717) is 26.4 Å². The number of rotatable bonds is 9. The molecule has 0 spiro atoms. The smallest absolute Gasteiger partial charge is 0.148 e. The first-order chi connectivity index (χ1) is 14.4. The number of benzene rings is 2. The summed E-state index contributed by atoms with van der Waals surface area (Å²) in [6.07, 6.45) is 3.64. The van der Waals surface area contributed by atoms with Crippen molar-refractivity contribution in [3.05, 3.63) is 60.9 Å². The van der Waals surface area contributed by atoms with Gasteiger partial charge in [0.05, 0.1) is 31.5 Å². The minimum absolute atomic E-state index is 0.454.